The van der Waals surface area contributed by atoms with Gasteiger partial charge in [-0.3, -0.25) is 0 Å². The topological polar surface area (TPSA) is 42.6 Å². The Morgan fingerprint density at radius 1 is 1.33 bits per heavy atom. The van der Waals surface area contributed by atoms with Crippen molar-refractivity contribution in [1.29, 1.82) is 0 Å². The highest BCUT2D eigenvalue weighted by atomic mass is 79.9. The molecule has 1 atom stereocenters. The molecule has 3 rings (SSSR count). The van der Waals surface area contributed by atoms with E-state index in [0.29, 0.717) is 18.1 Å². The number of furan rings is 1. The fourth-order valence-electron chi connectivity index (χ4n) is 2.09. The minimum absolute atomic E-state index is 0.519. The molecule has 3 nitrogen and oxygen atoms in total. The van der Waals surface area contributed by atoms with Crippen LogP contribution in [0.15, 0.2) is 45.0 Å². The number of hydrogen-bond acceptors (Lipinski definition) is 3. The number of hydrogen-bond donors (Lipinski definition) is 1. The summed E-state index contributed by atoms with van der Waals surface area (Å²) >= 11 is 3.43. The van der Waals surface area contributed by atoms with Crippen molar-refractivity contribution in [3.05, 3.63) is 46.3 Å². The van der Waals surface area contributed by atoms with Gasteiger partial charge in [0.2, 0.25) is 0 Å². The minimum Gasteiger partial charge on any atom is -0.495 e. The van der Waals surface area contributed by atoms with Crippen molar-refractivity contribution >= 4 is 26.9 Å². The predicted molar refractivity (Wildman–Crippen MR) is 72.1 cm³/mol. The van der Waals surface area contributed by atoms with Gasteiger partial charge >= 0.3 is 0 Å². The van der Waals surface area contributed by atoms with Crippen LogP contribution in [0.1, 0.15) is 24.7 Å². The van der Waals surface area contributed by atoms with E-state index in [1.165, 1.54) is 0 Å². The van der Waals surface area contributed by atoms with Gasteiger partial charge in [-0.05, 0) is 47.0 Å². The van der Waals surface area contributed by atoms with E-state index in [-0.39, 0.29) is 0 Å². The summed E-state index contributed by atoms with van der Waals surface area (Å²) in [5.41, 5.74) is 0.753. The van der Waals surface area contributed by atoms with Crippen LogP contribution >= 0.6 is 15.9 Å². The van der Waals surface area contributed by atoms with Crippen LogP contribution in [-0.4, -0.2) is 11.7 Å². The van der Waals surface area contributed by atoms with E-state index < -0.39 is 6.10 Å². The molecule has 1 N–H and O–H groups in total. The maximum Gasteiger partial charge on any atom is 0.168 e. The first-order valence-electron chi connectivity index (χ1n) is 5.94. The van der Waals surface area contributed by atoms with E-state index in [4.69, 9.17) is 9.15 Å². The van der Waals surface area contributed by atoms with Crippen LogP contribution in [0.3, 0.4) is 0 Å². The molecule has 0 saturated heterocycles. The summed E-state index contributed by atoms with van der Waals surface area (Å²) in [5.74, 6) is 1.11. The molecule has 1 aromatic carbocycles. The highest BCUT2D eigenvalue weighted by Gasteiger charge is 2.21. The highest BCUT2D eigenvalue weighted by molar-refractivity contribution is 9.10. The average Bonchev–Trinajstić information content (AvgIpc) is 2.84. The number of halogens is 1. The number of allylic oxidation sites excluding steroid dienone is 1. The van der Waals surface area contributed by atoms with Gasteiger partial charge in [-0.25, -0.2) is 0 Å². The van der Waals surface area contributed by atoms with Crippen LogP contribution in [-0.2, 0) is 4.74 Å². The SMILES string of the molecule is OC(C1=CCCCO1)c1cc2cccc(Br)c2o1. The molecule has 0 radical (unpaired) electrons. The molecule has 0 bridgehead atoms. The number of benzene rings is 1. The molecular formula is C14H13BrO3. The van der Waals surface area contributed by atoms with Crippen LogP contribution in [0, 0.1) is 0 Å². The first-order chi connectivity index (χ1) is 8.75. The second kappa shape index (κ2) is 4.78. The number of aliphatic hydroxyl groups is 1. The van der Waals surface area contributed by atoms with Crippen LogP contribution in [0.4, 0.5) is 0 Å². The highest BCUT2D eigenvalue weighted by Crippen LogP contribution is 2.33. The molecule has 94 valence electrons. The van der Waals surface area contributed by atoms with Crippen molar-refractivity contribution in [2.75, 3.05) is 6.61 Å². The zero-order chi connectivity index (χ0) is 12.5. The molecule has 1 aromatic heterocycles. The summed E-state index contributed by atoms with van der Waals surface area (Å²) in [6.07, 6.45) is 3.05. The van der Waals surface area contributed by atoms with Gasteiger partial charge in [-0.2, -0.15) is 0 Å². The molecule has 2 heterocycles. The van der Waals surface area contributed by atoms with Crippen LogP contribution in [0.25, 0.3) is 11.0 Å². The third-order valence-electron chi connectivity index (χ3n) is 3.02. The lowest BCUT2D eigenvalue weighted by atomic mass is 10.1. The van der Waals surface area contributed by atoms with Crippen LogP contribution in [0.5, 0.6) is 0 Å². The summed E-state index contributed by atoms with van der Waals surface area (Å²) in [6.45, 7) is 0.660. The molecule has 0 amide bonds. The van der Waals surface area contributed by atoms with Gasteiger partial charge in [0.05, 0.1) is 11.1 Å². The largest absolute Gasteiger partial charge is 0.495 e. The van der Waals surface area contributed by atoms with Crippen molar-refractivity contribution in [3.63, 3.8) is 0 Å². The molecule has 2 aromatic rings. The van der Waals surface area contributed by atoms with Crippen LogP contribution < -0.4 is 0 Å². The molecule has 0 aliphatic carbocycles. The van der Waals surface area contributed by atoms with Gasteiger partial charge in [-0.15, -0.1) is 0 Å². The second-order valence-electron chi connectivity index (χ2n) is 4.31. The minimum atomic E-state index is -0.815. The maximum absolute atomic E-state index is 10.2. The smallest absolute Gasteiger partial charge is 0.168 e. The molecule has 0 fully saturated rings. The maximum atomic E-state index is 10.2. The van der Waals surface area contributed by atoms with Crippen molar-refractivity contribution < 1.29 is 14.3 Å². The number of ether oxygens (including phenoxy) is 1. The monoisotopic (exact) mass is 308 g/mol. The molecule has 1 unspecified atom stereocenters. The molecular weight excluding hydrogens is 296 g/mol. The van der Waals surface area contributed by atoms with E-state index in [9.17, 15) is 5.11 Å². The van der Waals surface area contributed by atoms with E-state index >= 15 is 0 Å². The predicted octanol–water partition coefficient (Wildman–Crippen LogP) is 3.92. The summed E-state index contributed by atoms with van der Waals surface area (Å²) in [6, 6.07) is 7.66. The van der Waals surface area contributed by atoms with Gasteiger partial charge in [0, 0.05) is 5.39 Å². The normalized spacial score (nSPS) is 17.3. The van der Waals surface area contributed by atoms with Gasteiger partial charge in [0.1, 0.15) is 17.1 Å². The lowest BCUT2D eigenvalue weighted by Gasteiger charge is -2.18. The van der Waals surface area contributed by atoms with E-state index in [2.05, 4.69) is 15.9 Å². The molecule has 1 aliphatic heterocycles. The van der Waals surface area contributed by atoms with Gasteiger partial charge < -0.3 is 14.3 Å². The van der Waals surface area contributed by atoms with Gasteiger partial charge in [-0.1, -0.05) is 12.1 Å². The number of para-hydroxylation sites is 1. The second-order valence-corrected chi connectivity index (χ2v) is 5.16. The Balaban J connectivity index is 1.99. The van der Waals surface area contributed by atoms with Crippen molar-refractivity contribution in [3.8, 4) is 0 Å². The first kappa shape index (κ1) is 11.8. The molecule has 18 heavy (non-hydrogen) atoms. The van der Waals surface area contributed by atoms with Gasteiger partial charge in [0.25, 0.3) is 0 Å². The molecule has 0 spiro atoms. The van der Waals surface area contributed by atoms with Crippen molar-refractivity contribution in [2.45, 2.75) is 18.9 Å². The fraction of sp³-hybridized carbons (Fsp3) is 0.286. The lowest BCUT2D eigenvalue weighted by molar-refractivity contribution is 0.0798. The van der Waals surface area contributed by atoms with Gasteiger partial charge in [0.15, 0.2) is 6.10 Å². The average molecular weight is 309 g/mol. The molecule has 1 aliphatic rings. The third kappa shape index (κ3) is 2.06. The van der Waals surface area contributed by atoms with E-state index in [1.807, 2.05) is 30.3 Å². The summed E-state index contributed by atoms with van der Waals surface area (Å²) in [4.78, 5) is 0. The summed E-state index contributed by atoms with van der Waals surface area (Å²) in [5, 5.41) is 11.2. The summed E-state index contributed by atoms with van der Waals surface area (Å²) in [7, 11) is 0. The Hall–Kier alpha value is -1.26. The Kier molecular flexibility index (Phi) is 3.14. The first-order valence-corrected chi connectivity index (χ1v) is 6.74. The molecule has 4 heteroatoms. The lowest BCUT2D eigenvalue weighted by Crippen LogP contribution is -2.09. The zero-order valence-corrected chi connectivity index (χ0v) is 11.3. The molecule has 0 saturated carbocycles. The van der Waals surface area contributed by atoms with Crippen LogP contribution in [0.2, 0.25) is 0 Å². The quantitative estimate of drug-likeness (QED) is 0.914. The summed E-state index contributed by atoms with van der Waals surface area (Å²) < 4.78 is 12.0. The zero-order valence-electron chi connectivity index (χ0n) is 9.73. The Morgan fingerprint density at radius 3 is 2.94 bits per heavy atom. The number of fused-ring (bicyclic) bond motifs is 1. The Labute approximate surface area is 113 Å². The van der Waals surface area contributed by atoms with E-state index in [0.717, 1.165) is 28.3 Å². The Bertz CT molecular complexity index is 600. The standard InChI is InChI=1S/C14H13BrO3/c15-10-5-3-4-9-8-12(18-14(9)10)13(16)11-6-1-2-7-17-11/h3-6,8,13,16H,1-2,7H2. The van der Waals surface area contributed by atoms with Crippen molar-refractivity contribution in [1.82, 2.24) is 0 Å². The number of rotatable bonds is 2. The third-order valence-corrected chi connectivity index (χ3v) is 3.64. The fourth-order valence-corrected chi connectivity index (χ4v) is 2.55. The van der Waals surface area contributed by atoms with E-state index in [1.54, 1.807) is 0 Å². The Morgan fingerprint density at radius 2 is 2.22 bits per heavy atom. The van der Waals surface area contributed by atoms with Crippen molar-refractivity contribution in [2.24, 2.45) is 0 Å². The number of aliphatic hydroxyl groups excluding tert-OH is 1.